The van der Waals surface area contributed by atoms with Gasteiger partial charge in [-0.2, -0.15) is 0 Å². The minimum Gasteiger partial charge on any atom is -0.494 e. The number of likely N-dealkylation sites (tertiary alicyclic amines) is 1. The van der Waals surface area contributed by atoms with Gasteiger partial charge in [0.05, 0.1) is 7.11 Å². The summed E-state index contributed by atoms with van der Waals surface area (Å²) in [4.78, 5) is 14.1. The third-order valence-corrected chi connectivity index (χ3v) is 3.74. The number of rotatable bonds is 3. The summed E-state index contributed by atoms with van der Waals surface area (Å²) in [6.07, 6.45) is 0.896. The Labute approximate surface area is 124 Å². The van der Waals surface area contributed by atoms with Crippen molar-refractivity contribution in [3.05, 3.63) is 29.6 Å². The first-order valence-corrected chi connectivity index (χ1v) is 6.32. The van der Waals surface area contributed by atoms with E-state index in [9.17, 15) is 9.18 Å². The fourth-order valence-electron chi connectivity index (χ4n) is 2.34. The smallest absolute Gasteiger partial charge is 0.254 e. The molecule has 1 saturated heterocycles. The zero-order chi connectivity index (χ0) is 14.0. The molecule has 0 radical (unpaired) electrons. The predicted molar refractivity (Wildman–Crippen MR) is 77.9 cm³/mol. The Morgan fingerprint density at radius 1 is 1.55 bits per heavy atom. The highest BCUT2D eigenvalue weighted by Crippen LogP contribution is 2.30. The zero-order valence-electron chi connectivity index (χ0n) is 11.7. The number of hydrogen-bond acceptors (Lipinski definition) is 3. The van der Waals surface area contributed by atoms with Gasteiger partial charge in [0.1, 0.15) is 0 Å². The summed E-state index contributed by atoms with van der Waals surface area (Å²) in [5, 5.41) is 0. The van der Waals surface area contributed by atoms with Crippen LogP contribution in [0.2, 0.25) is 0 Å². The van der Waals surface area contributed by atoms with Crippen LogP contribution in [0.15, 0.2) is 18.2 Å². The normalized spacial score (nSPS) is 21.5. The molecule has 1 unspecified atom stereocenters. The molecule has 1 aliphatic rings. The molecule has 2 N–H and O–H groups in total. The molecule has 1 atom stereocenters. The Hall–Kier alpha value is -1.33. The van der Waals surface area contributed by atoms with E-state index in [1.165, 1.54) is 25.3 Å². The zero-order valence-corrected chi connectivity index (χ0v) is 12.5. The van der Waals surface area contributed by atoms with Crippen LogP contribution in [-0.4, -0.2) is 37.6 Å². The molecule has 0 bridgehead atoms. The largest absolute Gasteiger partial charge is 0.494 e. The van der Waals surface area contributed by atoms with Crippen molar-refractivity contribution >= 4 is 18.3 Å². The number of benzene rings is 1. The molecule has 2 rings (SSSR count). The van der Waals surface area contributed by atoms with Gasteiger partial charge in [0.15, 0.2) is 11.6 Å². The van der Waals surface area contributed by atoms with Crippen molar-refractivity contribution in [2.45, 2.75) is 13.3 Å². The van der Waals surface area contributed by atoms with Crippen LogP contribution in [0.1, 0.15) is 23.7 Å². The highest BCUT2D eigenvalue weighted by molar-refractivity contribution is 5.94. The second-order valence-electron chi connectivity index (χ2n) is 5.34. The Morgan fingerprint density at radius 3 is 2.80 bits per heavy atom. The summed E-state index contributed by atoms with van der Waals surface area (Å²) in [5.41, 5.74) is 6.16. The van der Waals surface area contributed by atoms with Crippen LogP contribution in [0.3, 0.4) is 0 Å². The van der Waals surface area contributed by atoms with Crippen LogP contribution < -0.4 is 10.5 Å². The molecule has 6 heteroatoms. The second-order valence-corrected chi connectivity index (χ2v) is 5.34. The van der Waals surface area contributed by atoms with E-state index >= 15 is 0 Å². The number of carbonyl (C=O) groups excluding carboxylic acids is 1. The fraction of sp³-hybridized carbons (Fsp3) is 0.500. The molecule has 0 aromatic heterocycles. The molecule has 0 aliphatic carbocycles. The van der Waals surface area contributed by atoms with E-state index in [0.29, 0.717) is 25.2 Å². The maximum atomic E-state index is 13.3. The fourth-order valence-corrected chi connectivity index (χ4v) is 2.34. The van der Waals surface area contributed by atoms with Crippen molar-refractivity contribution in [3.8, 4) is 5.75 Å². The molecule has 1 fully saturated rings. The van der Waals surface area contributed by atoms with Crippen molar-refractivity contribution < 1.29 is 13.9 Å². The molecule has 1 heterocycles. The second kappa shape index (κ2) is 6.41. The van der Waals surface area contributed by atoms with Gasteiger partial charge in [-0.3, -0.25) is 4.79 Å². The first kappa shape index (κ1) is 16.7. The SMILES string of the molecule is COc1cc(C(=O)N2CCC(C)(CN)C2)ccc1F.Cl. The quantitative estimate of drug-likeness (QED) is 0.930. The average molecular weight is 303 g/mol. The number of halogens is 2. The third-order valence-electron chi connectivity index (χ3n) is 3.74. The van der Waals surface area contributed by atoms with Crippen LogP contribution in [0.4, 0.5) is 4.39 Å². The van der Waals surface area contributed by atoms with Gasteiger partial charge in [-0.15, -0.1) is 12.4 Å². The van der Waals surface area contributed by atoms with Gasteiger partial charge in [-0.25, -0.2) is 4.39 Å². The van der Waals surface area contributed by atoms with Gasteiger partial charge in [0.25, 0.3) is 5.91 Å². The number of carbonyl (C=O) groups is 1. The van der Waals surface area contributed by atoms with Gasteiger partial charge in [0, 0.05) is 18.7 Å². The van der Waals surface area contributed by atoms with Crippen LogP contribution >= 0.6 is 12.4 Å². The van der Waals surface area contributed by atoms with Crippen molar-refractivity contribution in [3.63, 3.8) is 0 Å². The van der Waals surface area contributed by atoms with E-state index in [1.54, 1.807) is 4.90 Å². The van der Waals surface area contributed by atoms with Crippen molar-refractivity contribution in [1.29, 1.82) is 0 Å². The molecular formula is C14H20ClFN2O2. The molecule has 1 aliphatic heterocycles. The van der Waals surface area contributed by atoms with Crippen molar-refractivity contribution in [2.24, 2.45) is 11.1 Å². The molecule has 20 heavy (non-hydrogen) atoms. The third kappa shape index (κ3) is 3.22. The number of nitrogens with zero attached hydrogens (tertiary/aromatic N) is 1. The van der Waals surface area contributed by atoms with E-state index in [1.807, 2.05) is 0 Å². The lowest BCUT2D eigenvalue weighted by atomic mass is 9.90. The van der Waals surface area contributed by atoms with Crippen LogP contribution in [0.5, 0.6) is 5.75 Å². The Bertz CT molecular complexity index is 498. The first-order valence-electron chi connectivity index (χ1n) is 6.32. The first-order chi connectivity index (χ1) is 8.99. The summed E-state index contributed by atoms with van der Waals surface area (Å²) < 4.78 is 18.2. The van der Waals surface area contributed by atoms with E-state index in [4.69, 9.17) is 10.5 Å². The number of methoxy groups -OCH3 is 1. The molecule has 1 aromatic carbocycles. The molecule has 1 amide bonds. The standard InChI is InChI=1S/C14H19FN2O2.ClH/c1-14(8-16)5-6-17(9-14)13(18)10-3-4-11(15)12(7-10)19-2;/h3-4,7H,5-6,8-9,16H2,1-2H3;1H. The maximum Gasteiger partial charge on any atom is 0.254 e. The Morgan fingerprint density at radius 2 is 2.25 bits per heavy atom. The predicted octanol–water partition coefficient (Wildman–Crippen LogP) is 2.07. The van der Waals surface area contributed by atoms with Crippen molar-refractivity contribution in [1.82, 2.24) is 4.90 Å². The monoisotopic (exact) mass is 302 g/mol. The number of hydrogen-bond donors (Lipinski definition) is 1. The van der Waals surface area contributed by atoms with Gasteiger partial charge >= 0.3 is 0 Å². The highest BCUT2D eigenvalue weighted by atomic mass is 35.5. The van der Waals surface area contributed by atoms with Gasteiger partial charge in [-0.1, -0.05) is 6.92 Å². The highest BCUT2D eigenvalue weighted by Gasteiger charge is 2.35. The molecule has 4 nitrogen and oxygen atoms in total. The summed E-state index contributed by atoms with van der Waals surface area (Å²) in [6.45, 7) is 3.96. The summed E-state index contributed by atoms with van der Waals surface area (Å²) >= 11 is 0. The van der Waals surface area contributed by atoms with E-state index in [2.05, 4.69) is 6.92 Å². The van der Waals surface area contributed by atoms with Crippen LogP contribution in [0, 0.1) is 11.2 Å². The van der Waals surface area contributed by atoms with Crippen LogP contribution in [0.25, 0.3) is 0 Å². The topological polar surface area (TPSA) is 55.6 Å². The number of amides is 1. The molecule has 1 aromatic rings. The van der Waals surface area contributed by atoms with Gasteiger partial charge < -0.3 is 15.4 Å². The summed E-state index contributed by atoms with van der Waals surface area (Å²) in [7, 11) is 1.38. The minimum atomic E-state index is -0.465. The lowest BCUT2D eigenvalue weighted by molar-refractivity contribution is 0.0776. The molecule has 0 spiro atoms. The minimum absolute atomic E-state index is 0. The van der Waals surface area contributed by atoms with Gasteiger partial charge in [-0.05, 0) is 36.6 Å². The lowest BCUT2D eigenvalue weighted by Gasteiger charge is -2.22. The maximum absolute atomic E-state index is 13.3. The summed E-state index contributed by atoms with van der Waals surface area (Å²) in [5.74, 6) is -0.477. The Balaban J connectivity index is 0.00000200. The van der Waals surface area contributed by atoms with Crippen molar-refractivity contribution in [2.75, 3.05) is 26.7 Å². The Kier molecular flexibility index (Phi) is 5.36. The molecule has 0 saturated carbocycles. The average Bonchev–Trinajstić information content (AvgIpc) is 2.82. The molecular weight excluding hydrogens is 283 g/mol. The summed E-state index contributed by atoms with van der Waals surface area (Å²) in [6, 6.07) is 4.18. The number of ether oxygens (including phenoxy) is 1. The van der Waals surface area contributed by atoms with E-state index < -0.39 is 5.82 Å². The van der Waals surface area contributed by atoms with E-state index in [0.717, 1.165) is 6.42 Å². The number of nitrogens with two attached hydrogens (primary N) is 1. The van der Waals surface area contributed by atoms with Crippen LogP contribution in [-0.2, 0) is 0 Å². The van der Waals surface area contributed by atoms with Gasteiger partial charge in [0.2, 0.25) is 0 Å². The van der Waals surface area contributed by atoms with E-state index in [-0.39, 0.29) is 29.5 Å². The lowest BCUT2D eigenvalue weighted by Crippen LogP contribution is -2.34. The molecule has 112 valence electrons.